The minimum Gasteiger partial charge on any atom is -0.484 e. The fourth-order valence-electron chi connectivity index (χ4n) is 2.62. The predicted octanol–water partition coefficient (Wildman–Crippen LogP) is 2.28. The number of carbonyl (C=O) groups is 1. The fourth-order valence-corrected chi connectivity index (χ4v) is 2.62. The van der Waals surface area contributed by atoms with E-state index in [4.69, 9.17) is 4.74 Å². The zero-order chi connectivity index (χ0) is 15.2. The van der Waals surface area contributed by atoms with Gasteiger partial charge in [0, 0.05) is 19.1 Å². The summed E-state index contributed by atoms with van der Waals surface area (Å²) in [5.74, 6) is 0.734. The van der Waals surface area contributed by atoms with Crippen LogP contribution in [-0.4, -0.2) is 43.1 Å². The molecule has 0 spiro atoms. The van der Waals surface area contributed by atoms with Crippen molar-refractivity contribution in [3.8, 4) is 5.75 Å². The number of hydrogen-bond acceptors (Lipinski definition) is 3. The van der Waals surface area contributed by atoms with Crippen molar-refractivity contribution in [2.24, 2.45) is 0 Å². The Labute approximate surface area is 127 Å². The van der Waals surface area contributed by atoms with Crippen LogP contribution in [0.15, 0.2) is 18.2 Å². The lowest BCUT2D eigenvalue weighted by molar-refractivity contribution is -0.124. The highest BCUT2D eigenvalue weighted by atomic mass is 16.5. The maximum atomic E-state index is 11.9. The highest BCUT2D eigenvalue weighted by Crippen LogP contribution is 2.16. The number of nitrogens with one attached hydrogen (secondary N) is 1. The van der Waals surface area contributed by atoms with Crippen molar-refractivity contribution >= 4 is 5.91 Å². The number of amides is 1. The maximum absolute atomic E-state index is 11.9. The number of aryl methyl sites for hydroxylation is 2. The number of rotatable bonds is 5. The predicted molar refractivity (Wildman–Crippen MR) is 84.7 cm³/mol. The summed E-state index contributed by atoms with van der Waals surface area (Å²) in [6.45, 7) is 9.61. The largest absolute Gasteiger partial charge is 0.484 e. The second-order valence-corrected chi connectivity index (χ2v) is 5.81. The SMILES string of the molecule is CCN1CCC(NC(=O)COc2ccc(C)c(C)c2)CC1. The lowest BCUT2D eigenvalue weighted by Crippen LogP contribution is -2.45. The van der Waals surface area contributed by atoms with Crippen molar-refractivity contribution in [2.45, 2.75) is 39.7 Å². The smallest absolute Gasteiger partial charge is 0.258 e. The van der Waals surface area contributed by atoms with Crippen LogP contribution in [0.2, 0.25) is 0 Å². The number of carbonyl (C=O) groups excluding carboxylic acids is 1. The highest BCUT2D eigenvalue weighted by Gasteiger charge is 2.19. The third-order valence-electron chi connectivity index (χ3n) is 4.25. The molecule has 0 atom stereocenters. The Morgan fingerprint density at radius 1 is 1.29 bits per heavy atom. The molecule has 116 valence electrons. The van der Waals surface area contributed by atoms with E-state index in [9.17, 15) is 4.79 Å². The molecule has 0 radical (unpaired) electrons. The minimum absolute atomic E-state index is 0.0248. The summed E-state index contributed by atoms with van der Waals surface area (Å²) < 4.78 is 5.56. The fraction of sp³-hybridized carbons (Fsp3) is 0.588. The molecule has 1 aromatic rings. The lowest BCUT2D eigenvalue weighted by atomic mass is 10.1. The lowest BCUT2D eigenvalue weighted by Gasteiger charge is -2.31. The average molecular weight is 290 g/mol. The van der Waals surface area contributed by atoms with Crippen molar-refractivity contribution in [1.29, 1.82) is 0 Å². The number of ether oxygens (including phenoxy) is 1. The topological polar surface area (TPSA) is 41.6 Å². The molecule has 1 heterocycles. The summed E-state index contributed by atoms with van der Waals surface area (Å²) in [6, 6.07) is 6.20. The quantitative estimate of drug-likeness (QED) is 0.904. The van der Waals surface area contributed by atoms with Gasteiger partial charge < -0.3 is 15.0 Å². The van der Waals surface area contributed by atoms with E-state index in [1.54, 1.807) is 0 Å². The van der Waals surface area contributed by atoms with Gasteiger partial charge in [0.2, 0.25) is 0 Å². The Balaban J connectivity index is 1.73. The Bertz CT molecular complexity index is 480. The molecule has 0 saturated carbocycles. The summed E-state index contributed by atoms with van der Waals surface area (Å²) in [5.41, 5.74) is 2.41. The summed E-state index contributed by atoms with van der Waals surface area (Å²) in [7, 11) is 0. The third kappa shape index (κ3) is 4.74. The number of nitrogens with zero attached hydrogens (tertiary/aromatic N) is 1. The van der Waals surface area contributed by atoms with Crippen LogP contribution in [0.5, 0.6) is 5.75 Å². The molecule has 4 nitrogen and oxygen atoms in total. The molecule has 1 amide bonds. The molecule has 2 rings (SSSR count). The van der Waals surface area contributed by atoms with Crippen LogP contribution in [0.3, 0.4) is 0 Å². The Kier molecular flexibility index (Phi) is 5.62. The Hall–Kier alpha value is -1.55. The molecular weight excluding hydrogens is 264 g/mol. The summed E-state index contributed by atoms with van der Waals surface area (Å²) >= 11 is 0. The molecule has 1 saturated heterocycles. The first kappa shape index (κ1) is 15.8. The van der Waals surface area contributed by atoms with Gasteiger partial charge in [-0.25, -0.2) is 0 Å². The highest BCUT2D eigenvalue weighted by molar-refractivity contribution is 5.77. The van der Waals surface area contributed by atoms with Crippen molar-refractivity contribution in [2.75, 3.05) is 26.2 Å². The normalized spacial score (nSPS) is 16.7. The van der Waals surface area contributed by atoms with E-state index in [0.717, 1.165) is 38.2 Å². The van der Waals surface area contributed by atoms with Gasteiger partial charge in [0.15, 0.2) is 6.61 Å². The second-order valence-electron chi connectivity index (χ2n) is 5.81. The molecule has 1 aromatic carbocycles. The van der Waals surface area contributed by atoms with Crippen molar-refractivity contribution in [1.82, 2.24) is 10.2 Å². The number of likely N-dealkylation sites (tertiary alicyclic amines) is 1. The summed E-state index contributed by atoms with van der Waals surface area (Å²) in [4.78, 5) is 14.3. The number of piperidine rings is 1. The van der Waals surface area contributed by atoms with Crippen LogP contribution >= 0.6 is 0 Å². The first-order chi connectivity index (χ1) is 10.1. The molecule has 0 aromatic heterocycles. The first-order valence-electron chi connectivity index (χ1n) is 7.80. The molecule has 1 aliphatic rings. The number of benzene rings is 1. The van der Waals surface area contributed by atoms with Crippen LogP contribution in [0.1, 0.15) is 30.9 Å². The molecule has 21 heavy (non-hydrogen) atoms. The van der Waals surface area contributed by atoms with Gasteiger partial charge in [0.25, 0.3) is 5.91 Å². The minimum atomic E-state index is -0.0248. The molecular formula is C17H26N2O2. The zero-order valence-electron chi connectivity index (χ0n) is 13.3. The standard InChI is InChI=1S/C17H26N2O2/c1-4-19-9-7-15(8-10-19)18-17(20)12-21-16-6-5-13(2)14(3)11-16/h5-6,11,15H,4,7-10,12H2,1-3H3,(H,18,20). The Morgan fingerprint density at radius 2 is 2.00 bits per heavy atom. The third-order valence-corrected chi connectivity index (χ3v) is 4.25. The molecule has 4 heteroatoms. The van der Waals surface area contributed by atoms with E-state index in [-0.39, 0.29) is 12.5 Å². The monoisotopic (exact) mass is 290 g/mol. The summed E-state index contributed by atoms with van der Waals surface area (Å²) in [6.07, 6.45) is 2.06. The molecule has 0 aliphatic carbocycles. The molecule has 0 unspecified atom stereocenters. The van der Waals surface area contributed by atoms with Gasteiger partial charge in [0.1, 0.15) is 5.75 Å². The van der Waals surface area contributed by atoms with Crippen molar-refractivity contribution < 1.29 is 9.53 Å². The van der Waals surface area contributed by atoms with E-state index in [1.165, 1.54) is 11.1 Å². The molecule has 1 N–H and O–H groups in total. The second kappa shape index (κ2) is 7.46. The van der Waals surface area contributed by atoms with Gasteiger partial charge in [-0.05, 0) is 56.5 Å². The van der Waals surface area contributed by atoms with Gasteiger partial charge in [-0.1, -0.05) is 13.0 Å². The van der Waals surface area contributed by atoms with Crippen molar-refractivity contribution in [3.63, 3.8) is 0 Å². The summed E-state index contributed by atoms with van der Waals surface area (Å²) in [5, 5.41) is 3.07. The van der Waals surface area contributed by atoms with Crippen LogP contribution in [-0.2, 0) is 4.79 Å². The molecule has 0 bridgehead atoms. The maximum Gasteiger partial charge on any atom is 0.258 e. The first-order valence-corrected chi connectivity index (χ1v) is 7.80. The van der Waals surface area contributed by atoms with Gasteiger partial charge >= 0.3 is 0 Å². The van der Waals surface area contributed by atoms with Crippen LogP contribution in [0.4, 0.5) is 0 Å². The van der Waals surface area contributed by atoms with E-state index < -0.39 is 0 Å². The van der Waals surface area contributed by atoms with Gasteiger partial charge in [0.05, 0.1) is 0 Å². The van der Waals surface area contributed by atoms with Crippen LogP contribution in [0, 0.1) is 13.8 Å². The van der Waals surface area contributed by atoms with Gasteiger partial charge in [-0.2, -0.15) is 0 Å². The Morgan fingerprint density at radius 3 is 2.62 bits per heavy atom. The average Bonchev–Trinajstić information content (AvgIpc) is 2.49. The van der Waals surface area contributed by atoms with E-state index in [1.807, 2.05) is 25.1 Å². The zero-order valence-corrected chi connectivity index (χ0v) is 13.3. The van der Waals surface area contributed by atoms with Crippen LogP contribution in [0.25, 0.3) is 0 Å². The van der Waals surface area contributed by atoms with Gasteiger partial charge in [-0.15, -0.1) is 0 Å². The number of hydrogen-bond donors (Lipinski definition) is 1. The van der Waals surface area contributed by atoms with E-state index in [2.05, 4.69) is 24.1 Å². The molecule has 1 aliphatic heterocycles. The van der Waals surface area contributed by atoms with E-state index >= 15 is 0 Å². The molecule has 1 fully saturated rings. The van der Waals surface area contributed by atoms with E-state index in [0.29, 0.717) is 6.04 Å². The van der Waals surface area contributed by atoms with Gasteiger partial charge in [-0.3, -0.25) is 4.79 Å². The van der Waals surface area contributed by atoms with Crippen LogP contribution < -0.4 is 10.1 Å². The van der Waals surface area contributed by atoms with Crippen molar-refractivity contribution in [3.05, 3.63) is 29.3 Å².